The van der Waals surface area contributed by atoms with E-state index in [1.807, 2.05) is 57.2 Å². The Balaban J connectivity index is 1.92. The van der Waals surface area contributed by atoms with Gasteiger partial charge in [0.15, 0.2) is 0 Å². The van der Waals surface area contributed by atoms with E-state index in [2.05, 4.69) is 4.98 Å². The number of aryl methyl sites for hydroxylation is 3. The monoisotopic (exact) mass is 442 g/mol. The number of aromatic nitrogens is 1. The summed E-state index contributed by atoms with van der Waals surface area (Å²) >= 11 is 0. The van der Waals surface area contributed by atoms with E-state index >= 15 is 0 Å². The summed E-state index contributed by atoms with van der Waals surface area (Å²) in [6.07, 6.45) is 3.33. The van der Waals surface area contributed by atoms with E-state index in [0.717, 1.165) is 27.8 Å². The van der Waals surface area contributed by atoms with Crippen LogP contribution in [0.1, 0.15) is 39.4 Å². The summed E-state index contributed by atoms with van der Waals surface area (Å²) in [7, 11) is 1.59. The molecule has 0 bridgehead atoms. The number of rotatable bonds is 5. The summed E-state index contributed by atoms with van der Waals surface area (Å²) in [6.45, 7) is 5.84. The molecule has 6 heteroatoms. The predicted octanol–water partition coefficient (Wildman–Crippen LogP) is 4.64. The van der Waals surface area contributed by atoms with Crippen molar-refractivity contribution in [3.63, 3.8) is 0 Å². The molecule has 1 unspecified atom stereocenters. The Hall–Kier alpha value is -3.93. The average Bonchev–Trinajstić information content (AvgIpc) is 3.05. The lowest BCUT2D eigenvalue weighted by Gasteiger charge is -2.26. The van der Waals surface area contributed by atoms with Crippen molar-refractivity contribution < 1.29 is 19.4 Å². The molecule has 0 saturated carbocycles. The summed E-state index contributed by atoms with van der Waals surface area (Å²) in [5.74, 6) is -0.830. The lowest BCUT2D eigenvalue weighted by Crippen LogP contribution is -2.29. The van der Waals surface area contributed by atoms with Crippen LogP contribution in [0.15, 0.2) is 66.5 Å². The van der Waals surface area contributed by atoms with Crippen molar-refractivity contribution in [2.45, 2.75) is 33.4 Å². The molecule has 6 nitrogen and oxygen atoms in total. The number of aliphatic hydroxyl groups excluding tert-OH is 1. The van der Waals surface area contributed by atoms with Crippen LogP contribution in [0.25, 0.3) is 5.76 Å². The van der Waals surface area contributed by atoms with Gasteiger partial charge in [-0.25, -0.2) is 0 Å². The van der Waals surface area contributed by atoms with Gasteiger partial charge < -0.3 is 14.7 Å². The highest BCUT2D eigenvalue weighted by atomic mass is 16.5. The maximum Gasteiger partial charge on any atom is 0.295 e. The van der Waals surface area contributed by atoms with Gasteiger partial charge in [-0.2, -0.15) is 0 Å². The molecule has 0 radical (unpaired) electrons. The fourth-order valence-corrected chi connectivity index (χ4v) is 4.36. The van der Waals surface area contributed by atoms with E-state index in [9.17, 15) is 14.7 Å². The Morgan fingerprint density at radius 1 is 1.03 bits per heavy atom. The number of aliphatic hydroxyl groups is 1. The Morgan fingerprint density at radius 2 is 1.79 bits per heavy atom. The van der Waals surface area contributed by atoms with Gasteiger partial charge >= 0.3 is 0 Å². The number of methoxy groups -OCH3 is 1. The highest BCUT2D eigenvalue weighted by molar-refractivity contribution is 6.46. The van der Waals surface area contributed by atoms with Crippen LogP contribution in [0.4, 0.5) is 0 Å². The SMILES string of the molecule is COc1cc(C)c(/C(O)=C2\C(=O)C(=O)N(Cc3cccnc3)C2c2ccccc2C)cc1C. The van der Waals surface area contributed by atoms with Crippen molar-refractivity contribution in [1.82, 2.24) is 9.88 Å². The van der Waals surface area contributed by atoms with E-state index in [1.54, 1.807) is 31.6 Å². The zero-order chi connectivity index (χ0) is 23.7. The molecule has 3 aromatic rings. The number of amides is 1. The van der Waals surface area contributed by atoms with Crippen molar-refractivity contribution in [2.24, 2.45) is 0 Å². The first-order valence-corrected chi connectivity index (χ1v) is 10.7. The molecule has 1 fully saturated rings. The highest BCUT2D eigenvalue weighted by Crippen LogP contribution is 2.42. The van der Waals surface area contributed by atoms with Gasteiger partial charge in [0.25, 0.3) is 11.7 Å². The number of likely N-dealkylation sites (tertiary alicyclic amines) is 1. The van der Waals surface area contributed by atoms with E-state index in [-0.39, 0.29) is 17.9 Å². The van der Waals surface area contributed by atoms with Crippen LogP contribution in [-0.2, 0) is 16.1 Å². The van der Waals surface area contributed by atoms with Crippen molar-refractivity contribution >= 4 is 17.4 Å². The van der Waals surface area contributed by atoms with Gasteiger partial charge in [-0.15, -0.1) is 0 Å². The van der Waals surface area contributed by atoms with Crippen LogP contribution < -0.4 is 4.74 Å². The Kier molecular flexibility index (Phi) is 6.01. The number of benzene rings is 2. The fourth-order valence-electron chi connectivity index (χ4n) is 4.36. The van der Waals surface area contributed by atoms with Crippen LogP contribution in [0.3, 0.4) is 0 Å². The molecule has 1 N–H and O–H groups in total. The van der Waals surface area contributed by atoms with Crippen LogP contribution in [-0.4, -0.2) is 33.8 Å². The van der Waals surface area contributed by atoms with Gasteiger partial charge in [0.2, 0.25) is 0 Å². The third kappa shape index (κ3) is 4.00. The molecule has 1 aliphatic rings. The predicted molar refractivity (Wildman–Crippen MR) is 126 cm³/mol. The van der Waals surface area contributed by atoms with Crippen molar-refractivity contribution in [2.75, 3.05) is 7.11 Å². The second-order valence-electron chi connectivity index (χ2n) is 8.28. The molecule has 1 amide bonds. The average molecular weight is 443 g/mol. The summed E-state index contributed by atoms with van der Waals surface area (Å²) < 4.78 is 5.38. The summed E-state index contributed by atoms with van der Waals surface area (Å²) in [4.78, 5) is 32.1. The Morgan fingerprint density at radius 3 is 2.45 bits per heavy atom. The van der Waals surface area contributed by atoms with Crippen LogP contribution in [0.2, 0.25) is 0 Å². The van der Waals surface area contributed by atoms with Gasteiger partial charge in [-0.1, -0.05) is 30.3 Å². The molecule has 1 aromatic heterocycles. The number of nitrogens with zero attached hydrogens (tertiary/aromatic N) is 2. The van der Waals surface area contributed by atoms with Gasteiger partial charge in [-0.05, 0) is 66.8 Å². The fraction of sp³-hybridized carbons (Fsp3) is 0.222. The van der Waals surface area contributed by atoms with Crippen LogP contribution >= 0.6 is 0 Å². The third-order valence-electron chi connectivity index (χ3n) is 6.10. The number of carbonyl (C=O) groups is 2. The highest BCUT2D eigenvalue weighted by Gasteiger charge is 2.46. The number of carbonyl (C=O) groups excluding carboxylic acids is 2. The molecule has 1 aliphatic heterocycles. The number of Topliss-reactive ketones (excluding diaryl/α,β-unsaturated/α-hetero) is 1. The van der Waals surface area contributed by atoms with Crippen molar-refractivity contribution in [3.05, 3.63) is 99.9 Å². The summed E-state index contributed by atoms with van der Waals surface area (Å²) in [6, 6.07) is 14.1. The van der Waals surface area contributed by atoms with Gasteiger partial charge in [0.05, 0.1) is 18.7 Å². The molecule has 1 atom stereocenters. The van der Waals surface area contributed by atoms with Crippen LogP contribution in [0, 0.1) is 20.8 Å². The van der Waals surface area contributed by atoms with E-state index in [1.165, 1.54) is 4.90 Å². The quantitative estimate of drug-likeness (QED) is 0.354. The molecule has 168 valence electrons. The molecule has 2 heterocycles. The second-order valence-corrected chi connectivity index (χ2v) is 8.28. The van der Waals surface area contributed by atoms with Gasteiger partial charge in [0.1, 0.15) is 11.5 Å². The normalized spacial score (nSPS) is 17.5. The van der Waals surface area contributed by atoms with Gasteiger partial charge in [0, 0.05) is 24.5 Å². The van der Waals surface area contributed by atoms with E-state index in [0.29, 0.717) is 11.3 Å². The first kappa shape index (κ1) is 22.3. The van der Waals surface area contributed by atoms with Gasteiger partial charge in [-0.3, -0.25) is 14.6 Å². The maximum absolute atomic E-state index is 13.3. The van der Waals surface area contributed by atoms with E-state index < -0.39 is 17.7 Å². The first-order valence-electron chi connectivity index (χ1n) is 10.7. The maximum atomic E-state index is 13.3. The third-order valence-corrected chi connectivity index (χ3v) is 6.10. The molecule has 0 spiro atoms. The topological polar surface area (TPSA) is 79.7 Å². The molecule has 33 heavy (non-hydrogen) atoms. The minimum absolute atomic E-state index is 0.0888. The summed E-state index contributed by atoms with van der Waals surface area (Å²) in [5, 5.41) is 11.4. The minimum Gasteiger partial charge on any atom is -0.507 e. The molecular weight excluding hydrogens is 416 g/mol. The molecular formula is C27H26N2O4. The van der Waals surface area contributed by atoms with Crippen molar-refractivity contribution in [3.8, 4) is 5.75 Å². The minimum atomic E-state index is -0.715. The van der Waals surface area contributed by atoms with E-state index in [4.69, 9.17) is 4.74 Å². The zero-order valence-corrected chi connectivity index (χ0v) is 19.1. The second kappa shape index (κ2) is 8.90. The Labute approximate surface area is 193 Å². The summed E-state index contributed by atoms with van der Waals surface area (Å²) in [5.41, 5.74) is 4.68. The lowest BCUT2D eigenvalue weighted by atomic mass is 9.91. The number of ether oxygens (including phenoxy) is 1. The molecule has 1 saturated heterocycles. The number of pyridine rings is 1. The molecule has 2 aromatic carbocycles. The van der Waals surface area contributed by atoms with Crippen LogP contribution in [0.5, 0.6) is 5.75 Å². The Bertz CT molecular complexity index is 1260. The first-order chi connectivity index (χ1) is 15.8. The lowest BCUT2D eigenvalue weighted by molar-refractivity contribution is -0.140. The largest absolute Gasteiger partial charge is 0.507 e. The number of hydrogen-bond donors (Lipinski definition) is 1. The molecule has 0 aliphatic carbocycles. The standard InChI is InChI=1S/C27H26N2O4/c1-16-8-5-6-10-20(16)24-23(25(30)21-12-18(3)22(33-4)13-17(21)2)26(31)27(32)29(24)15-19-9-7-11-28-14-19/h5-14,24,30H,15H2,1-4H3/b25-23+. The number of hydrogen-bond acceptors (Lipinski definition) is 5. The zero-order valence-electron chi connectivity index (χ0n) is 19.1. The molecule has 4 rings (SSSR count). The van der Waals surface area contributed by atoms with Crippen molar-refractivity contribution in [1.29, 1.82) is 0 Å². The number of ketones is 1. The smallest absolute Gasteiger partial charge is 0.295 e.